The first kappa shape index (κ1) is 13.1. The van der Waals surface area contributed by atoms with E-state index in [2.05, 4.69) is 22.0 Å². The van der Waals surface area contributed by atoms with Gasteiger partial charge in [-0.25, -0.2) is 0 Å². The van der Waals surface area contributed by atoms with Crippen LogP contribution >= 0.6 is 15.9 Å². The van der Waals surface area contributed by atoms with Gasteiger partial charge in [-0.3, -0.25) is 9.20 Å². The summed E-state index contributed by atoms with van der Waals surface area (Å²) in [7, 11) is 0. The molecule has 0 fully saturated rings. The highest BCUT2D eigenvalue weighted by Gasteiger charge is 2.11. The standard InChI is InChI=1S/C17H14BrNO/c1-11-8-12(2)19-14(9-11)10-15(16(18)17(19)20)13-6-4-3-5-7-13/h3-10H,1-2H3. The molecule has 0 aliphatic carbocycles. The van der Waals surface area contributed by atoms with E-state index in [1.165, 1.54) is 0 Å². The van der Waals surface area contributed by atoms with Gasteiger partial charge in [-0.05, 0) is 59.1 Å². The first-order valence-electron chi connectivity index (χ1n) is 6.46. The molecule has 0 saturated heterocycles. The molecule has 0 spiro atoms. The van der Waals surface area contributed by atoms with Crippen molar-refractivity contribution in [3.05, 3.63) is 74.6 Å². The van der Waals surface area contributed by atoms with Crippen LogP contribution in [0.3, 0.4) is 0 Å². The summed E-state index contributed by atoms with van der Waals surface area (Å²) in [6, 6.07) is 16.1. The Labute approximate surface area is 125 Å². The highest BCUT2D eigenvalue weighted by molar-refractivity contribution is 9.10. The topological polar surface area (TPSA) is 21.5 Å². The molecular weight excluding hydrogens is 314 g/mol. The zero-order valence-corrected chi connectivity index (χ0v) is 12.9. The van der Waals surface area contributed by atoms with Crippen molar-refractivity contribution in [2.24, 2.45) is 0 Å². The summed E-state index contributed by atoms with van der Waals surface area (Å²) in [5.74, 6) is 0. The van der Waals surface area contributed by atoms with Crippen molar-refractivity contribution in [2.75, 3.05) is 0 Å². The second-order valence-corrected chi connectivity index (χ2v) is 5.77. The fourth-order valence-electron chi connectivity index (χ4n) is 2.57. The number of fused-ring (bicyclic) bond motifs is 1. The number of hydrogen-bond donors (Lipinski definition) is 0. The molecule has 0 atom stereocenters. The molecule has 0 aliphatic rings. The Bertz CT molecular complexity index is 850. The maximum atomic E-state index is 12.6. The Morgan fingerprint density at radius 3 is 2.40 bits per heavy atom. The first-order chi connectivity index (χ1) is 9.58. The van der Waals surface area contributed by atoms with Crippen LogP contribution in [0.15, 0.2) is 57.8 Å². The van der Waals surface area contributed by atoms with Gasteiger partial charge in [0.15, 0.2) is 0 Å². The maximum absolute atomic E-state index is 12.6. The Morgan fingerprint density at radius 1 is 1.00 bits per heavy atom. The molecule has 20 heavy (non-hydrogen) atoms. The van der Waals surface area contributed by atoms with Crippen LogP contribution in [0.5, 0.6) is 0 Å². The molecule has 1 aromatic carbocycles. The van der Waals surface area contributed by atoms with Gasteiger partial charge < -0.3 is 0 Å². The molecule has 3 rings (SSSR count). The van der Waals surface area contributed by atoms with E-state index in [4.69, 9.17) is 0 Å². The summed E-state index contributed by atoms with van der Waals surface area (Å²) in [6.45, 7) is 4.00. The summed E-state index contributed by atoms with van der Waals surface area (Å²) in [5, 5.41) is 0. The quantitative estimate of drug-likeness (QED) is 0.651. The van der Waals surface area contributed by atoms with Crippen LogP contribution in [0.1, 0.15) is 11.3 Å². The Kier molecular flexibility index (Phi) is 3.22. The molecule has 0 saturated carbocycles. The van der Waals surface area contributed by atoms with Crippen LogP contribution in [0, 0.1) is 13.8 Å². The van der Waals surface area contributed by atoms with Crippen LogP contribution in [0.4, 0.5) is 0 Å². The number of halogens is 1. The third-order valence-electron chi connectivity index (χ3n) is 3.43. The SMILES string of the molecule is Cc1cc(C)n2c(=O)c(Br)c(-c3ccccc3)cc2c1. The number of rotatable bonds is 1. The molecule has 2 nitrogen and oxygen atoms in total. The lowest BCUT2D eigenvalue weighted by molar-refractivity contribution is 1.01. The van der Waals surface area contributed by atoms with Gasteiger partial charge in [-0.15, -0.1) is 0 Å². The lowest BCUT2D eigenvalue weighted by Crippen LogP contribution is -2.17. The minimum Gasteiger partial charge on any atom is -0.281 e. The second kappa shape index (κ2) is 4.91. The van der Waals surface area contributed by atoms with Crippen molar-refractivity contribution < 1.29 is 0 Å². The van der Waals surface area contributed by atoms with E-state index < -0.39 is 0 Å². The summed E-state index contributed by atoms with van der Waals surface area (Å²) >= 11 is 3.46. The third kappa shape index (κ3) is 2.08. The van der Waals surface area contributed by atoms with Crippen molar-refractivity contribution in [2.45, 2.75) is 13.8 Å². The lowest BCUT2D eigenvalue weighted by atomic mass is 10.1. The van der Waals surface area contributed by atoms with Crippen molar-refractivity contribution in [1.29, 1.82) is 0 Å². The number of nitrogens with zero attached hydrogens (tertiary/aromatic N) is 1. The predicted molar refractivity (Wildman–Crippen MR) is 86.3 cm³/mol. The molecule has 2 aromatic heterocycles. The minimum atomic E-state index is -0.0150. The van der Waals surface area contributed by atoms with Crippen molar-refractivity contribution in [3.63, 3.8) is 0 Å². The predicted octanol–water partition coefficient (Wildman–Crippen LogP) is 4.35. The zero-order chi connectivity index (χ0) is 14.3. The molecule has 3 heteroatoms. The average Bonchev–Trinajstić information content (AvgIpc) is 2.43. The number of benzene rings is 1. The van der Waals surface area contributed by atoms with Crippen LogP contribution in [0.25, 0.3) is 16.6 Å². The highest BCUT2D eigenvalue weighted by Crippen LogP contribution is 2.27. The molecule has 2 heterocycles. The summed E-state index contributed by atoms with van der Waals surface area (Å²) in [5.41, 5.74) is 4.99. The van der Waals surface area contributed by atoms with E-state index in [-0.39, 0.29) is 5.56 Å². The number of aromatic nitrogens is 1. The van der Waals surface area contributed by atoms with Gasteiger partial charge in [-0.2, -0.15) is 0 Å². The molecule has 0 amide bonds. The molecule has 0 bridgehead atoms. The molecule has 100 valence electrons. The molecular formula is C17H14BrNO. The molecule has 0 radical (unpaired) electrons. The van der Waals surface area contributed by atoms with E-state index in [9.17, 15) is 4.79 Å². The van der Waals surface area contributed by atoms with Gasteiger partial charge in [0.25, 0.3) is 5.56 Å². The van der Waals surface area contributed by atoms with Crippen LogP contribution in [-0.4, -0.2) is 4.40 Å². The first-order valence-corrected chi connectivity index (χ1v) is 7.25. The summed E-state index contributed by atoms with van der Waals surface area (Å²) in [6.07, 6.45) is 0. The Morgan fingerprint density at radius 2 is 1.70 bits per heavy atom. The highest BCUT2D eigenvalue weighted by atomic mass is 79.9. The van der Waals surface area contributed by atoms with Crippen molar-refractivity contribution in [1.82, 2.24) is 4.40 Å². The molecule has 3 aromatic rings. The van der Waals surface area contributed by atoms with Crippen LogP contribution < -0.4 is 5.56 Å². The van der Waals surface area contributed by atoms with Crippen molar-refractivity contribution >= 4 is 21.4 Å². The largest absolute Gasteiger partial charge is 0.281 e. The molecule has 0 N–H and O–H groups in total. The van der Waals surface area contributed by atoms with E-state index in [0.717, 1.165) is 27.9 Å². The van der Waals surface area contributed by atoms with Gasteiger partial charge in [-0.1, -0.05) is 30.3 Å². The monoisotopic (exact) mass is 327 g/mol. The fraction of sp³-hybridized carbons (Fsp3) is 0.118. The van der Waals surface area contributed by atoms with Crippen molar-refractivity contribution in [3.8, 4) is 11.1 Å². The van der Waals surface area contributed by atoms with Gasteiger partial charge >= 0.3 is 0 Å². The Balaban J connectivity index is 2.42. The minimum absolute atomic E-state index is 0.0150. The van der Waals surface area contributed by atoms with Crippen LogP contribution in [-0.2, 0) is 0 Å². The van der Waals surface area contributed by atoms with E-state index in [1.54, 1.807) is 4.40 Å². The smallest absolute Gasteiger partial charge is 0.270 e. The van der Waals surface area contributed by atoms with E-state index in [1.807, 2.05) is 56.3 Å². The lowest BCUT2D eigenvalue weighted by Gasteiger charge is -2.11. The van der Waals surface area contributed by atoms with Gasteiger partial charge in [0.2, 0.25) is 0 Å². The molecule has 0 aliphatic heterocycles. The summed E-state index contributed by atoms with van der Waals surface area (Å²) < 4.78 is 2.34. The summed E-state index contributed by atoms with van der Waals surface area (Å²) in [4.78, 5) is 12.6. The van der Waals surface area contributed by atoms with Gasteiger partial charge in [0.05, 0.1) is 4.47 Å². The molecule has 0 unspecified atom stereocenters. The number of pyridine rings is 2. The van der Waals surface area contributed by atoms with Gasteiger partial charge in [0.1, 0.15) is 0 Å². The van der Waals surface area contributed by atoms with E-state index >= 15 is 0 Å². The normalized spacial score (nSPS) is 10.9. The van der Waals surface area contributed by atoms with E-state index in [0.29, 0.717) is 4.47 Å². The average molecular weight is 328 g/mol. The zero-order valence-electron chi connectivity index (χ0n) is 11.4. The number of aryl methyl sites for hydroxylation is 2. The second-order valence-electron chi connectivity index (χ2n) is 4.98. The van der Waals surface area contributed by atoms with Gasteiger partial charge in [0, 0.05) is 16.8 Å². The van der Waals surface area contributed by atoms with Crippen LogP contribution in [0.2, 0.25) is 0 Å². The number of hydrogen-bond acceptors (Lipinski definition) is 1. The third-order valence-corrected chi connectivity index (χ3v) is 4.19. The Hall–Kier alpha value is -1.87. The maximum Gasteiger partial charge on any atom is 0.270 e. The fourth-order valence-corrected chi connectivity index (χ4v) is 3.09.